The zero-order valence-corrected chi connectivity index (χ0v) is 17.4. The summed E-state index contributed by atoms with van der Waals surface area (Å²) in [6.45, 7) is 7.49. The van der Waals surface area contributed by atoms with Gasteiger partial charge in [0.25, 0.3) is 0 Å². The number of carbonyl (C=O) groups is 1. The van der Waals surface area contributed by atoms with Gasteiger partial charge in [-0.1, -0.05) is 37.0 Å². The molecule has 26 heavy (non-hydrogen) atoms. The van der Waals surface area contributed by atoms with Crippen molar-refractivity contribution < 1.29 is 13.2 Å². The lowest BCUT2D eigenvalue weighted by Gasteiger charge is -2.18. The Morgan fingerprint density at radius 3 is 2.31 bits per heavy atom. The first kappa shape index (κ1) is 20.9. The Bertz CT molecular complexity index is 935. The minimum Gasteiger partial charge on any atom is -0.292 e. The fourth-order valence-corrected chi connectivity index (χ4v) is 4.93. The molecular weight excluding hydrogens is 397 g/mol. The lowest BCUT2D eigenvalue weighted by Crippen LogP contribution is -2.31. The molecule has 0 saturated carbocycles. The van der Waals surface area contributed by atoms with Crippen LogP contribution >= 0.6 is 23.2 Å². The van der Waals surface area contributed by atoms with Gasteiger partial charge in [-0.05, 0) is 32.0 Å². The quantitative estimate of drug-likeness (QED) is 0.643. The van der Waals surface area contributed by atoms with Crippen molar-refractivity contribution >= 4 is 39.0 Å². The van der Waals surface area contributed by atoms with Crippen molar-refractivity contribution in [3.63, 3.8) is 0 Å². The second-order valence-electron chi connectivity index (χ2n) is 5.80. The van der Waals surface area contributed by atoms with Gasteiger partial charge in [-0.25, -0.2) is 8.42 Å². The van der Waals surface area contributed by atoms with Crippen LogP contribution in [0.2, 0.25) is 10.0 Å². The number of benzene rings is 1. The zero-order chi connectivity index (χ0) is 19.6. The number of aromatic nitrogens is 2. The molecule has 9 heteroatoms. The van der Waals surface area contributed by atoms with E-state index in [0.29, 0.717) is 35.1 Å². The summed E-state index contributed by atoms with van der Waals surface area (Å²) >= 11 is 11.8. The predicted molar refractivity (Wildman–Crippen MR) is 103 cm³/mol. The predicted octanol–water partition coefficient (Wildman–Crippen LogP) is 3.72. The summed E-state index contributed by atoms with van der Waals surface area (Å²) in [5.41, 5.74) is 1.19. The van der Waals surface area contributed by atoms with Gasteiger partial charge in [0.15, 0.2) is 5.78 Å². The van der Waals surface area contributed by atoms with Gasteiger partial charge >= 0.3 is 0 Å². The van der Waals surface area contributed by atoms with Crippen molar-refractivity contribution in [3.8, 4) is 0 Å². The van der Waals surface area contributed by atoms with E-state index in [1.54, 1.807) is 39.8 Å². The van der Waals surface area contributed by atoms with Crippen molar-refractivity contribution in [1.29, 1.82) is 0 Å². The Morgan fingerprint density at radius 1 is 1.15 bits per heavy atom. The van der Waals surface area contributed by atoms with Gasteiger partial charge < -0.3 is 0 Å². The molecular formula is C17H21Cl2N3O3S. The molecule has 1 aromatic carbocycles. The number of hydrogen-bond acceptors (Lipinski definition) is 4. The van der Waals surface area contributed by atoms with Crippen LogP contribution in [0.15, 0.2) is 23.1 Å². The van der Waals surface area contributed by atoms with Crippen LogP contribution < -0.4 is 0 Å². The highest BCUT2D eigenvalue weighted by molar-refractivity contribution is 7.89. The number of carbonyl (C=O) groups excluding carboxylic acids is 1. The van der Waals surface area contributed by atoms with Gasteiger partial charge in [-0.2, -0.15) is 9.40 Å². The Kier molecular flexibility index (Phi) is 6.50. The second kappa shape index (κ2) is 8.08. The Labute approximate surface area is 163 Å². The van der Waals surface area contributed by atoms with E-state index in [4.69, 9.17) is 23.2 Å². The van der Waals surface area contributed by atoms with E-state index in [9.17, 15) is 13.2 Å². The maximum Gasteiger partial charge on any atom is 0.246 e. The first-order valence-corrected chi connectivity index (χ1v) is 10.3. The molecule has 0 bridgehead atoms. The standard InChI is InChI=1S/C17H21Cl2N3O3S/c1-5-21(6-2)26(24,25)17-11(3)20-22(12(17)4)10-16(23)13-7-8-14(18)15(19)9-13/h7-9H,5-6,10H2,1-4H3. The summed E-state index contributed by atoms with van der Waals surface area (Å²) in [6.07, 6.45) is 0. The maximum atomic E-state index is 12.8. The summed E-state index contributed by atoms with van der Waals surface area (Å²) < 4.78 is 28.5. The van der Waals surface area contributed by atoms with Crippen molar-refractivity contribution in [2.75, 3.05) is 13.1 Å². The molecule has 2 rings (SSSR count). The molecule has 0 radical (unpaired) electrons. The minimum absolute atomic E-state index is 0.0849. The normalized spacial score (nSPS) is 12.0. The smallest absolute Gasteiger partial charge is 0.246 e. The second-order valence-corrected chi connectivity index (χ2v) is 8.49. The summed E-state index contributed by atoms with van der Waals surface area (Å²) in [4.78, 5) is 12.7. The number of hydrogen-bond donors (Lipinski definition) is 0. The highest BCUT2D eigenvalue weighted by atomic mass is 35.5. The van der Waals surface area contributed by atoms with Crippen LogP contribution in [0.3, 0.4) is 0 Å². The van der Waals surface area contributed by atoms with Gasteiger partial charge in [0, 0.05) is 18.7 Å². The third-order valence-corrected chi connectivity index (χ3v) is 7.20. The summed E-state index contributed by atoms with van der Waals surface area (Å²) in [6, 6.07) is 4.62. The molecule has 0 N–H and O–H groups in total. The first-order valence-electron chi connectivity index (χ1n) is 8.15. The number of Topliss-reactive ketones (excluding diaryl/α,β-unsaturated/α-hetero) is 1. The molecule has 0 aliphatic heterocycles. The summed E-state index contributed by atoms with van der Waals surface area (Å²) in [5.74, 6) is -0.235. The zero-order valence-electron chi connectivity index (χ0n) is 15.1. The summed E-state index contributed by atoms with van der Waals surface area (Å²) in [7, 11) is -3.65. The Hall–Kier alpha value is -1.41. The molecule has 0 aliphatic carbocycles. The molecule has 142 valence electrons. The minimum atomic E-state index is -3.65. The Morgan fingerprint density at radius 2 is 1.77 bits per heavy atom. The highest BCUT2D eigenvalue weighted by Gasteiger charge is 2.29. The molecule has 0 saturated heterocycles. The molecule has 0 amide bonds. The number of nitrogens with zero attached hydrogens (tertiary/aromatic N) is 3. The van der Waals surface area contributed by atoms with E-state index in [1.807, 2.05) is 0 Å². The van der Waals surface area contributed by atoms with Crippen molar-refractivity contribution in [2.24, 2.45) is 0 Å². The van der Waals surface area contributed by atoms with Crippen LogP contribution in [0.5, 0.6) is 0 Å². The van der Waals surface area contributed by atoms with E-state index in [-0.39, 0.29) is 22.2 Å². The first-order chi connectivity index (χ1) is 12.1. The topological polar surface area (TPSA) is 72.3 Å². The maximum absolute atomic E-state index is 12.8. The summed E-state index contributed by atoms with van der Waals surface area (Å²) in [5, 5.41) is 4.91. The molecule has 1 heterocycles. The average Bonchev–Trinajstić information content (AvgIpc) is 2.85. The van der Waals surface area contributed by atoms with Gasteiger partial charge in [-0.3, -0.25) is 9.48 Å². The fourth-order valence-electron chi connectivity index (χ4n) is 2.80. The van der Waals surface area contributed by atoms with Gasteiger partial charge in [0.05, 0.1) is 21.4 Å². The van der Waals surface area contributed by atoms with Crippen LogP contribution in [-0.2, 0) is 16.6 Å². The largest absolute Gasteiger partial charge is 0.292 e. The van der Waals surface area contributed by atoms with Crippen LogP contribution in [0, 0.1) is 13.8 Å². The monoisotopic (exact) mass is 417 g/mol. The average molecular weight is 418 g/mol. The van der Waals surface area contributed by atoms with E-state index in [1.165, 1.54) is 15.1 Å². The van der Waals surface area contributed by atoms with Crippen molar-refractivity contribution in [2.45, 2.75) is 39.1 Å². The van der Waals surface area contributed by atoms with Gasteiger partial charge in [0.1, 0.15) is 11.4 Å². The molecule has 0 atom stereocenters. The number of sulfonamides is 1. The molecule has 0 aliphatic rings. The molecule has 6 nitrogen and oxygen atoms in total. The SMILES string of the molecule is CCN(CC)S(=O)(=O)c1c(C)nn(CC(=O)c2ccc(Cl)c(Cl)c2)c1C. The molecule has 2 aromatic rings. The van der Waals surface area contributed by atoms with Crippen LogP contribution in [0.4, 0.5) is 0 Å². The van der Waals surface area contributed by atoms with E-state index in [2.05, 4.69) is 5.10 Å². The molecule has 0 spiro atoms. The number of halogens is 2. The van der Waals surface area contributed by atoms with E-state index in [0.717, 1.165) is 0 Å². The molecule has 0 fully saturated rings. The number of ketones is 1. The highest BCUT2D eigenvalue weighted by Crippen LogP contribution is 2.25. The van der Waals surface area contributed by atoms with Gasteiger partial charge in [0.2, 0.25) is 10.0 Å². The van der Waals surface area contributed by atoms with Crippen LogP contribution in [0.1, 0.15) is 35.6 Å². The third-order valence-electron chi connectivity index (χ3n) is 4.15. The van der Waals surface area contributed by atoms with Gasteiger partial charge in [-0.15, -0.1) is 0 Å². The van der Waals surface area contributed by atoms with E-state index < -0.39 is 10.0 Å². The fraction of sp³-hybridized carbons (Fsp3) is 0.412. The van der Waals surface area contributed by atoms with Crippen molar-refractivity contribution in [3.05, 3.63) is 45.2 Å². The number of rotatable bonds is 7. The lowest BCUT2D eigenvalue weighted by atomic mass is 10.1. The van der Waals surface area contributed by atoms with Crippen LogP contribution in [0.25, 0.3) is 0 Å². The lowest BCUT2D eigenvalue weighted by molar-refractivity contribution is 0.0966. The van der Waals surface area contributed by atoms with Crippen molar-refractivity contribution in [1.82, 2.24) is 14.1 Å². The number of aryl methyl sites for hydroxylation is 1. The van der Waals surface area contributed by atoms with Crippen LogP contribution in [-0.4, -0.2) is 41.4 Å². The Balaban J connectivity index is 2.38. The molecule has 1 aromatic heterocycles. The molecule has 0 unspecified atom stereocenters. The van der Waals surface area contributed by atoms with E-state index >= 15 is 0 Å². The third kappa shape index (κ3) is 3.96.